The monoisotopic (exact) mass is 801 g/mol. The largest absolute Gasteiger partial charge is 0.382 e. The number of piperidine rings is 1. The molecule has 16 heteroatoms. The van der Waals surface area contributed by atoms with Crippen LogP contribution in [0.5, 0.6) is 0 Å². The zero-order valence-corrected chi connectivity index (χ0v) is 32.5. The molecule has 3 aromatic carbocycles. The fraction of sp³-hybridized carbons (Fsp3) is 0.439. The number of hydrogen-bond acceptors (Lipinski definition) is 11. The quantitative estimate of drug-likeness (QED) is 0.108. The molecule has 0 radical (unpaired) electrons. The summed E-state index contributed by atoms with van der Waals surface area (Å²) in [4.78, 5) is 64.0. The summed E-state index contributed by atoms with van der Waals surface area (Å²) in [6.07, 6.45) is 7.19. The molecule has 1 saturated heterocycles. The van der Waals surface area contributed by atoms with E-state index in [4.69, 9.17) is 14.2 Å². The van der Waals surface area contributed by atoms with E-state index in [1.165, 1.54) is 17.2 Å². The molecule has 6 amide bonds. The number of carbonyl (C=O) groups is 5. The molecule has 0 bridgehead atoms. The average Bonchev–Trinajstić information content (AvgIpc) is 3.92. The van der Waals surface area contributed by atoms with Crippen molar-refractivity contribution in [3.63, 3.8) is 0 Å². The van der Waals surface area contributed by atoms with E-state index in [-0.39, 0.29) is 28.9 Å². The minimum atomic E-state index is -4.08. The molecular formula is C41H47N5O10S. The van der Waals surface area contributed by atoms with Crippen molar-refractivity contribution in [2.75, 3.05) is 56.8 Å². The molecule has 7 rings (SSSR count). The molecule has 2 aliphatic heterocycles. The molecule has 302 valence electrons. The summed E-state index contributed by atoms with van der Waals surface area (Å²) < 4.78 is 45.4. The number of fused-ring (bicyclic) bond motifs is 3. The van der Waals surface area contributed by atoms with Gasteiger partial charge < -0.3 is 24.8 Å². The summed E-state index contributed by atoms with van der Waals surface area (Å²) in [6.45, 7) is 2.56. The molecular weight excluding hydrogens is 755 g/mol. The van der Waals surface area contributed by atoms with E-state index in [0.717, 1.165) is 65.8 Å². The van der Waals surface area contributed by atoms with E-state index >= 15 is 0 Å². The highest BCUT2D eigenvalue weighted by molar-refractivity contribution is 7.90. The first-order valence-corrected chi connectivity index (χ1v) is 21.0. The van der Waals surface area contributed by atoms with E-state index in [0.29, 0.717) is 64.7 Å². The lowest BCUT2D eigenvalue weighted by Gasteiger charge is -2.27. The number of nitrogens with zero attached hydrogens (tertiary/aromatic N) is 1. The van der Waals surface area contributed by atoms with E-state index < -0.39 is 45.7 Å². The highest BCUT2D eigenvalue weighted by Gasteiger charge is 2.45. The SMILES string of the molecule is O=C1CCC(N2C(=O)c3cccc(NCCOCCOCCOCCCc4cccc(S(=O)(=O)NC(=O)Nc5c6c(cc7c5CCC7)CCC6)c4)c3C2=O)C(=O)N1. The number of urea groups is 1. The first kappa shape index (κ1) is 40.1. The predicted molar refractivity (Wildman–Crippen MR) is 209 cm³/mol. The maximum atomic E-state index is 13.2. The molecule has 15 nitrogen and oxygen atoms in total. The molecule has 2 aliphatic carbocycles. The van der Waals surface area contributed by atoms with Gasteiger partial charge in [0, 0.05) is 30.9 Å². The Balaban J connectivity index is 0.753. The number of carbonyl (C=O) groups excluding carboxylic acids is 5. The van der Waals surface area contributed by atoms with Crippen LogP contribution in [0.25, 0.3) is 0 Å². The fourth-order valence-electron chi connectivity index (χ4n) is 8.00. The van der Waals surface area contributed by atoms with Crippen LogP contribution in [-0.4, -0.2) is 95.2 Å². The van der Waals surface area contributed by atoms with Crippen molar-refractivity contribution in [1.29, 1.82) is 0 Å². The third-order valence-corrected chi connectivity index (χ3v) is 12.0. The molecule has 4 aliphatic rings. The second-order valence-corrected chi connectivity index (χ2v) is 16.2. The molecule has 4 N–H and O–H groups in total. The number of anilines is 2. The first-order chi connectivity index (χ1) is 27.6. The maximum absolute atomic E-state index is 13.2. The number of hydrogen-bond donors (Lipinski definition) is 4. The molecule has 0 saturated carbocycles. The summed E-state index contributed by atoms with van der Waals surface area (Å²) >= 11 is 0. The van der Waals surface area contributed by atoms with Crippen molar-refractivity contribution >= 4 is 51.1 Å². The summed E-state index contributed by atoms with van der Waals surface area (Å²) in [5, 5.41) is 8.21. The Kier molecular flexibility index (Phi) is 12.6. The van der Waals surface area contributed by atoms with E-state index in [1.54, 1.807) is 30.3 Å². The van der Waals surface area contributed by atoms with Crippen LogP contribution in [0.1, 0.15) is 80.6 Å². The molecule has 1 unspecified atom stereocenters. The lowest BCUT2D eigenvalue weighted by Crippen LogP contribution is -2.54. The van der Waals surface area contributed by atoms with Crippen LogP contribution in [0.3, 0.4) is 0 Å². The van der Waals surface area contributed by atoms with Gasteiger partial charge in [0.25, 0.3) is 21.8 Å². The zero-order valence-electron chi connectivity index (χ0n) is 31.7. The number of rotatable bonds is 18. The number of sulfonamides is 1. The highest BCUT2D eigenvalue weighted by atomic mass is 32.2. The third kappa shape index (κ3) is 9.20. The topological polar surface area (TPSA) is 199 Å². The van der Waals surface area contributed by atoms with Gasteiger partial charge in [0.05, 0.1) is 49.1 Å². The zero-order chi connectivity index (χ0) is 39.9. The fourth-order valence-corrected chi connectivity index (χ4v) is 8.97. The molecule has 3 aromatic rings. The Morgan fingerprint density at radius 3 is 2.19 bits per heavy atom. The van der Waals surface area contributed by atoms with Crippen molar-refractivity contribution < 1.29 is 46.6 Å². The molecule has 1 atom stereocenters. The first-order valence-electron chi connectivity index (χ1n) is 19.5. The van der Waals surface area contributed by atoms with Gasteiger partial charge in [0.15, 0.2) is 0 Å². The van der Waals surface area contributed by atoms with Crippen molar-refractivity contribution in [1.82, 2.24) is 14.9 Å². The summed E-state index contributed by atoms with van der Waals surface area (Å²) in [7, 11) is -4.08. The summed E-state index contributed by atoms with van der Waals surface area (Å²) in [6, 6.07) is 11.9. The Morgan fingerprint density at radius 2 is 1.47 bits per heavy atom. The van der Waals surface area contributed by atoms with Crippen LogP contribution >= 0.6 is 0 Å². The minimum absolute atomic E-state index is 0.0273. The van der Waals surface area contributed by atoms with Gasteiger partial charge in [-0.05, 0) is 110 Å². The van der Waals surface area contributed by atoms with Crippen LogP contribution in [-0.2, 0) is 65.9 Å². The number of nitrogens with one attached hydrogen (secondary N) is 4. The molecule has 0 spiro atoms. The van der Waals surface area contributed by atoms with Crippen LogP contribution in [0.2, 0.25) is 0 Å². The molecule has 2 heterocycles. The summed E-state index contributed by atoms with van der Waals surface area (Å²) in [5.41, 5.74) is 7.23. The average molecular weight is 802 g/mol. The van der Waals surface area contributed by atoms with Crippen LogP contribution in [0, 0.1) is 0 Å². The Morgan fingerprint density at radius 1 is 0.789 bits per heavy atom. The third-order valence-electron chi connectivity index (χ3n) is 10.7. The Bertz CT molecular complexity index is 2140. The van der Waals surface area contributed by atoms with E-state index in [1.807, 2.05) is 6.07 Å². The van der Waals surface area contributed by atoms with Gasteiger partial charge in [-0.2, -0.15) is 0 Å². The van der Waals surface area contributed by atoms with Gasteiger partial charge >= 0.3 is 6.03 Å². The number of aryl methyl sites for hydroxylation is 3. The number of imide groups is 2. The second-order valence-electron chi connectivity index (χ2n) is 14.5. The van der Waals surface area contributed by atoms with Crippen molar-refractivity contribution in [2.45, 2.75) is 75.1 Å². The molecule has 57 heavy (non-hydrogen) atoms. The highest BCUT2D eigenvalue weighted by Crippen LogP contribution is 2.39. The van der Waals surface area contributed by atoms with Crippen molar-refractivity contribution in [2.24, 2.45) is 0 Å². The number of amides is 6. The standard InChI is InChI=1S/C41H47N5O10S/c47-35-16-15-34(38(48)43-35)46-39(49)32-13-4-14-33(36(32)40(46)50)42-17-19-55-21-23-56-22-20-54-18-5-7-26-6-1-10-29(24-26)57(52,53)45-41(51)44-37-30-11-2-8-27(30)25-28-9-3-12-31(28)37/h1,4,6,10,13-14,24-25,34,42H,2-3,5,7-9,11-12,15-23H2,(H,43,47,48)(H2,44,45,51). The normalized spacial score (nSPS) is 17.3. The smallest absolute Gasteiger partial charge is 0.333 e. The van der Waals surface area contributed by atoms with Gasteiger partial charge in [-0.15, -0.1) is 0 Å². The van der Waals surface area contributed by atoms with Gasteiger partial charge in [-0.1, -0.05) is 24.3 Å². The lowest BCUT2D eigenvalue weighted by atomic mass is 9.99. The van der Waals surface area contributed by atoms with Crippen LogP contribution in [0.4, 0.5) is 16.2 Å². The van der Waals surface area contributed by atoms with Gasteiger partial charge in [0.1, 0.15) is 6.04 Å². The number of ether oxygens (including phenoxy) is 3. The number of benzene rings is 3. The van der Waals surface area contributed by atoms with Gasteiger partial charge in [-0.25, -0.2) is 17.9 Å². The van der Waals surface area contributed by atoms with Crippen LogP contribution < -0.4 is 20.7 Å². The Hall–Kier alpha value is -5.16. The molecule has 0 aromatic heterocycles. The van der Waals surface area contributed by atoms with Crippen molar-refractivity contribution in [3.05, 3.63) is 87.5 Å². The maximum Gasteiger partial charge on any atom is 0.333 e. The summed E-state index contributed by atoms with van der Waals surface area (Å²) in [5.74, 6) is -2.22. The minimum Gasteiger partial charge on any atom is -0.382 e. The lowest BCUT2D eigenvalue weighted by molar-refractivity contribution is -0.136. The predicted octanol–water partition coefficient (Wildman–Crippen LogP) is 3.67. The van der Waals surface area contributed by atoms with Gasteiger partial charge in [0.2, 0.25) is 11.8 Å². The van der Waals surface area contributed by atoms with Crippen molar-refractivity contribution in [3.8, 4) is 0 Å². The Labute approximate surface area is 331 Å². The van der Waals surface area contributed by atoms with Crippen LogP contribution in [0.15, 0.2) is 53.4 Å². The van der Waals surface area contributed by atoms with E-state index in [2.05, 4.69) is 26.7 Å². The van der Waals surface area contributed by atoms with Gasteiger partial charge in [-0.3, -0.25) is 29.4 Å². The molecule has 1 fully saturated rings. The van der Waals surface area contributed by atoms with E-state index in [9.17, 15) is 32.4 Å². The second kappa shape index (κ2) is 18.0.